The van der Waals surface area contributed by atoms with Gasteiger partial charge in [0, 0.05) is 0 Å². The van der Waals surface area contributed by atoms with Crippen molar-refractivity contribution in [2.24, 2.45) is 0 Å². The van der Waals surface area contributed by atoms with E-state index < -0.39 is 23.7 Å². The number of ether oxygens (including phenoxy) is 1. The van der Waals surface area contributed by atoms with Crippen LogP contribution in [0.15, 0.2) is 42.5 Å². The lowest BCUT2D eigenvalue weighted by atomic mass is 9.98. The van der Waals surface area contributed by atoms with Crippen molar-refractivity contribution in [2.75, 3.05) is 7.11 Å². The van der Waals surface area contributed by atoms with E-state index in [0.717, 1.165) is 7.11 Å². The van der Waals surface area contributed by atoms with Crippen LogP contribution >= 0.6 is 0 Å². The summed E-state index contributed by atoms with van der Waals surface area (Å²) < 4.78 is 56.8. The summed E-state index contributed by atoms with van der Waals surface area (Å²) in [6.07, 6.45) is -6.10. The highest BCUT2D eigenvalue weighted by molar-refractivity contribution is 5.44. The lowest BCUT2D eigenvalue weighted by molar-refractivity contribution is -0.137. The Balaban J connectivity index is 2.54. The van der Waals surface area contributed by atoms with E-state index in [4.69, 9.17) is 4.74 Å². The number of rotatable bonds is 3. The summed E-state index contributed by atoms with van der Waals surface area (Å²) in [6.45, 7) is 0. The molecular weight excluding hydrogens is 288 g/mol. The van der Waals surface area contributed by atoms with Crippen molar-refractivity contribution in [1.29, 1.82) is 0 Å². The first-order chi connectivity index (χ1) is 9.84. The molecule has 0 saturated carbocycles. The Morgan fingerprint density at radius 2 is 1.71 bits per heavy atom. The molecule has 0 spiro atoms. The average molecular weight is 300 g/mol. The van der Waals surface area contributed by atoms with Gasteiger partial charge in [0.05, 0.1) is 18.2 Å². The molecule has 2 nitrogen and oxygen atoms in total. The van der Waals surface area contributed by atoms with Crippen molar-refractivity contribution in [1.82, 2.24) is 0 Å². The smallest absolute Gasteiger partial charge is 0.416 e. The average Bonchev–Trinajstić information content (AvgIpc) is 2.45. The van der Waals surface area contributed by atoms with Crippen molar-refractivity contribution in [3.8, 4) is 5.75 Å². The van der Waals surface area contributed by atoms with Crippen LogP contribution in [0, 0.1) is 5.82 Å². The molecule has 2 rings (SSSR count). The lowest BCUT2D eigenvalue weighted by Crippen LogP contribution is -2.10. The molecule has 0 fully saturated rings. The van der Waals surface area contributed by atoms with Crippen molar-refractivity contribution in [3.05, 3.63) is 65.0 Å². The fourth-order valence-electron chi connectivity index (χ4n) is 1.99. The third-order valence-corrected chi connectivity index (χ3v) is 3.03. The van der Waals surface area contributed by atoms with Crippen LogP contribution in [0.3, 0.4) is 0 Å². The van der Waals surface area contributed by atoms with Crippen molar-refractivity contribution >= 4 is 0 Å². The summed E-state index contributed by atoms with van der Waals surface area (Å²) in [5, 5.41) is 10.2. The second-order valence-corrected chi connectivity index (χ2v) is 4.38. The Bertz CT molecular complexity index is 624. The quantitative estimate of drug-likeness (QED) is 0.870. The van der Waals surface area contributed by atoms with E-state index in [0.29, 0.717) is 17.7 Å². The molecule has 21 heavy (non-hydrogen) atoms. The van der Waals surface area contributed by atoms with Gasteiger partial charge in [0.15, 0.2) is 0 Å². The van der Waals surface area contributed by atoms with Gasteiger partial charge in [-0.1, -0.05) is 30.3 Å². The standard InChI is InChI=1S/C15H12F4O2/c1-21-12-8-10(15(17,18)19)7-11(16)13(12)14(20)9-5-3-2-4-6-9/h2-8,14,20H,1H3. The van der Waals surface area contributed by atoms with Gasteiger partial charge in [-0.3, -0.25) is 0 Å². The molecule has 0 aliphatic heterocycles. The van der Waals surface area contributed by atoms with Gasteiger partial charge in [0.1, 0.15) is 17.7 Å². The summed E-state index contributed by atoms with van der Waals surface area (Å²) in [5.41, 5.74) is -1.13. The van der Waals surface area contributed by atoms with E-state index in [1.807, 2.05) is 0 Å². The number of methoxy groups -OCH3 is 1. The second kappa shape index (κ2) is 5.73. The number of hydrogen-bond acceptors (Lipinski definition) is 2. The zero-order valence-electron chi connectivity index (χ0n) is 11.0. The van der Waals surface area contributed by atoms with E-state index >= 15 is 0 Å². The lowest BCUT2D eigenvalue weighted by Gasteiger charge is -2.18. The highest BCUT2D eigenvalue weighted by Crippen LogP contribution is 2.38. The zero-order valence-corrected chi connectivity index (χ0v) is 11.0. The monoisotopic (exact) mass is 300 g/mol. The van der Waals surface area contributed by atoms with E-state index in [1.165, 1.54) is 0 Å². The van der Waals surface area contributed by atoms with Crippen LogP contribution in [-0.2, 0) is 6.18 Å². The maximum absolute atomic E-state index is 14.0. The van der Waals surface area contributed by atoms with Crippen LogP contribution in [0.5, 0.6) is 5.75 Å². The molecule has 2 aromatic carbocycles. The second-order valence-electron chi connectivity index (χ2n) is 4.38. The summed E-state index contributed by atoms with van der Waals surface area (Å²) in [4.78, 5) is 0. The Morgan fingerprint density at radius 3 is 2.24 bits per heavy atom. The molecule has 0 bridgehead atoms. The molecule has 0 aliphatic carbocycles. The zero-order chi connectivity index (χ0) is 15.6. The highest BCUT2D eigenvalue weighted by atomic mass is 19.4. The molecular formula is C15H12F4O2. The molecule has 0 saturated heterocycles. The van der Waals surface area contributed by atoms with Gasteiger partial charge < -0.3 is 9.84 Å². The molecule has 0 radical (unpaired) electrons. The van der Waals surface area contributed by atoms with Crippen molar-refractivity contribution < 1.29 is 27.4 Å². The summed E-state index contributed by atoms with van der Waals surface area (Å²) >= 11 is 0. The van der Waals surface area contributed by atoms with E-state index in [2.05, 4.69) is 0 Å². The molecule has 2 aromatic rings. The van der Waals surface area contributed by atoms with Gasteiger partial charge in [0.25, 0.3) is 0 Å². The topological polar surface area (TPSA) is 29.5 Å². The minimum Gasteiger partial charge on any atom is -0.496 e. The Labute approximate surface area is 118 Å². The highest BCUT2D eigenvalue weighted by Gasteiger charge is 2.33. The third-order valence-electron chi connectivity index (χ3n) is 3.03. The predicted molar refractivity (Wildman–Crippen MR) is 68.5 cm³/mol. The predicted octanol–water partition coefficient (Wildman–Crippen LogP) is 3.93. The number of aliphatic hydroxyl groups excluding tert-OH is 1. The van der Waals surface area contributed by atoms with Gasteiger partial charge in [0.2, 0.25) is 0 Å². The van der Waals surface area contributed by atoms with Crippen LogP contribution < -0.4 is 4.74 Å². The largest absolute Gasteiger partial charge is 0.496 e. The number of halogens is 4. The maximum Gasteiger partial charge on any atom is 0.416 e. The molecule has 1 N–H and O–H groups in total. The summed E-state index contributed by atoms with van der Waals surface area (Å²) in [7, 11) is 1.12. The number of aliphatic hydroxyl groups is 1. The third kappa shape index (κ3) is 3.16. The normalized spacial score (nSPS) is 13.0. The molecule has 0 heterocycles. The summed E-state index contributed by atoms with van der Waals surface area (Å²) in [6, 6.07) is 9.08. The van der Waals surface area contributed by atoms with Crippen molar-refractivity contribution in [3.63, 3.8) is 0 Å². The van der Waals surface area contributed by atoms with Crippen LogP contribution in [0.25, 0.3) is 0 Å². The molecule has 6 heteroatoms. The summed E-state index contributed by atoms with van der Waals surface area (Å²) in [5.74, 6) is -1.52. The van der Waals surface area contributed by atoms with E-state index in [-0.39, 0.29) is 11.3 Å². The van der Waals surface area contributed by atoms with Crippen LogP contribution in [0.2, 0.25) is 0 Å². The van der Waals surface area contributed by atoms with Crippen molar-refractivity contribution in [2.45, 2.75) is 12.3 Å². The SMILES string of the molecule is COc1cc(C(F)(F)F)cc(F)c1C(O)c1ccccc1. The fraction of sp³-hybridized carbons (Fsp3) is 0.200. The van der Waals surface area contributed by atoms with Crippen LogP contribution in [0.4, 0.5) is 17.6 Å². The van der Waals surface area contributed by atoms with Crippen LogP contribution in [0.1, 0.15) is 22.8 Å². The van der Waals surface area contributed by atoms with Gasteiger partial charge in [-0.25, -0.2) is 4.39 Å². The molecule has 0 amide bonds. The van der Waals surface area contributed by atoms with Gasteiger partial charge in [-0.15, -0.1) is 0 Å². The fourth-order valence-corrected chi connectivity index (χ4v) is 1.99. The maximum atomic E-state index is 14.0. The van der Waals surface area contributed by atoms with E-state index in [9.17, 15) is 22.7 Å². The van der Waals surface area contributed by atoms with Gasteiger partial charge >= 0.3 is 6.18 Å². The Morgan fingerprint density at radius 1 is 1.10 bits per heavy atom. The Hall–Kier alpha value is -2.08. The Kier molecular flexibility index (Phi) is 4.18. The minimum atomic E-state index is -4.69. The minimum absolute atomic E-state index is 0.322. The number of hydrogen-bond donors (Lipinski definition) is 1. The van der Waals surface area contributed by atoms with Crippen LogP contribution in [-0.4, -0.2) is 12.2 Å². The first-order valence-corrected chi connectivity index (χ1v) is 6.02. The first-order valence-electron chi connectivity index (χ1n) is 6.02. The van der Waals surface area contributed by atoms with E-state index in [1.54, 1.807) is 30.3 Å². The number of benzene rings is 2. The number of alkyl halides is 3. The van der Waals surface area contributed by atoms with Gasteiger partial charge in [-0.05, 0) is 17.7 Å². The molecule has 112 valence electrons. The molecule has 0 aliphatic rings. The molecule has 0 aromatic heterocycles. The first kappa shape index (κ1) is 15.3. The van der Waals surface area contributed by atoms with Gasteiger partial charge in [-0.2, -0.15) is 13.2 Å². The molecule has 1 atom stereocenters. The molecule has 1 unspecified atom stereocenters.